The number of halogens is 1. The predicted molar refractivity (Wildman–Crippen MR) is 164 cm³/mol. The van der Waals surface area contributed by atoms with Gasteiger partial charge in [-0.1, -0.05) is 41.9 Å². The molecule has 5 rings (SSSR count). The summed E-state index contributed by atoms with van der Waals surface area (Å²) >= 11 is 6.20. The number of ether oxygens (including phenoxy) is 2. The molecule has 0 saturated carbocycles. The van der Waals surface area contributed by atoms with E-state index in [2.05, 4.69) is 20.8 Å². The Hall–Kier alpha value is -4.54. The summed E-state index contributed by atoms with van der Waals surface area (Å²) in [6.45, 7) is 5.70. The first-order valence-electron chi connectivity index (χ1n) is 14.2. The minimum Gasteiger partial charge on any atom is -0.491 e. The number of carbonyl (C=O) groups is 2. The van der Waals surface area contributed by atoms with Crippen LogP contribution < -0.4 is 15.4 Å². The van der Waals surface area contributed by atoms with Crippen molar-refractivity contribution < 1.29 is 19.1 Å². The number of aliphatic imine (C=N–C) groups is 1. The van der Waals surface area contributed by atoms with E-state index in [9.17, 15) is 9.59 Å². The highest BCUT2D eigenvalue weighted by Crippen LogP contribution is 2.34. The van der Waals surface area contributed by atoms with E-state index in [0.717, 1.165) is 16.8 Å². The van der Waals surface area contributed by atoms with Crippen LogP contribution in [0.5, 0.6) is 5.75 Å². The lowest BCUT2D eigenvalue weighted by molar-refractivity contribution is -0.121. The standard InChI is InChI=1S/C32H33ClN6O4/c1-3-34-29(40)20-27-31-38-37-21(2)39(31)28-14-13-25(19-26(28)30(36-27)22-9-11-24(33)12-10-22)43-18-17-42-16-15-35-32(41)23-7-5-4-6-8-23/h4-14,19,27H,3,15-18,20H2,1-2H3,(H,34,40)(H,35,41)/t27-/m0/s1. The summed E-state index contributed by atoms with van der Waals surface area (Å²) in [7, 11) is 0. The Morgan fingerprint density at radius 3 is 2.51 bits per heavy atom. The van der Waals surface area contributed by atoms with Gasteiger partial charge in [-0.2, -0.15) is 0 Å². The molecule has 2 N–H and O–H groups in total. The van der Waals surface area contributed by atoms with Crippen LogP contribution in [-0.2, 0) is 9.53 Å². The number of hydrogen-bond donors (Lipinski definition) is 2. The van der Waals surface area contributed by atoms with Crippen molar-refractivity contribution in [2.45, 2.75) is 26.3 Å². The highest BCUT2D eigenvalue weighted by atomic mass is 35.5. The van der Waals surface area contributed by atoms with E-state index in [1.807, 2.05) is 79.1 Å². The van der Waals surface area contributed by atoms with Crippen molar-refractivity contribution in [2.24, 2.45) is 4.99 Å². The number of rotatable bonds is 12. The molecule has 1 aromatic heterocycles. The van der Waals surface area contributed by atoms with Crippen LogP contribution in [0.4, 0.5) is 0 Å². The van der Waals surface area contributed by atoms with Gasteiger partial charge in [0, 0.05) is 34.8 Å². The van der Waals surface area contributed by atoms with Crippen molar-refractivity contribution in [1.29, 1.82) is 0 Å². The van der Waals surface area contributed by atoms with Crippen LogP contribution in [0.15, 0.2) is 77.8 Å². The quantitative estimate of drug-likeness (QED) is 0.232. The lowest BCUT2D eigenvalue weighted by Crippen LogP contribution is -2.27. The molecule has 1 aliphatic rings. The molecular weight excluding hydrogens is 568 g/mol. The summed E-state index contributed by atoms with van der Waals surface area (Å²) in [5, 5.41) is 15.0. The SMILES string of the molecule is CCNC(=O)C[C@@H]1N=C(c2ccc(Cl)cc2)c2cc(OCCOCCNC(=O)c3ccccc3)ccc2-n2c(C)nnc21. The zero-order valence-corrected chi connectivity index (χ0v) is 24.8. The van der Waals surface area contributed by atoms with Crippen LogP contribution in [0.2, 0.25) is 5.02 Å². The predicted octanol–water partition coefficient (Wildman–Crippen LogP) is 4.47. The number of nitrogens with zero attached hydrogens (tertiary/aromatic N) is 4. The number of hydrogen-bond acceptors (Lipinski definition) is 7. The fraction of sp³-hybridized carbons (Fsp3) is 0.281. The minimum absolute atomic E-state index is 0.117. The maximum absolute atomic E-state index is 12.7. The van der Waals surface area contributed by atoms with Gasteiger partial charge in [0.1, 0.15) is 24.2 Å². The number of nitrogens with one attached hydrogen (secondary N) is 2. The Kier molecular flexibility index (Phi) is 9.81. The number of benzene rings is 3. The molecule has 43 heavy (non-hydrogen) atoms. The van der Waals surface area contributed by atoms with Crippen LogP contribution in [0, 0.1) is 6.92 Å². The van der Waals surface area contributed by atoms with Crippen molar-refractivity contribution in [2.75, 3.05) is 32.9 Å². The van der Waals surface area contributed by atoms with Gasteiger partial charge in [0.15, 0.2) is 5.82 Å². The smallest absolute Gasteiger partial charge is 0.251 e. The molecule has 0 aliphatic carbocycles. The molecule has 1 atom stereocenters. The van der Waals surface area contributed by atoms with Gasteiger partial charge < -0.3 is 20.1 Å². The fourth-order valence-corrected chi connectivity index (χ4v) is 4.96. The second kappa shape index (κ2) is 14.1. The molecule has 4 aromatic rings. The molecular formula is C32H33ClN6O4. The summed E-state index contributed by atoms with van der Waals surface area (Å²) in [5.74, 6) is 1.66. The Morgan fingerprint density at radius 2 is 1.74 bits per heavy atom. The van der Waals surface area contributed by atoms with Crippen molar-refractivity contribution in [3.63, 3.8) is 0 Å². The topological polar surface area (TPSA) is 120 Å². The van der Waals surface area contributed by atoms with E-state index < -0.39 is 6.04 Å². The van der Waals surface area contributed by atoms with Crippen molar-refractivity contribution in [3.8, 4) is 11.4 Å². The first kappa shape index (κ1) is 29.9. The van der Waals surface area contributed by atoms with Crippen LogP contribution >= 0.6 is 11.6 Å². The summed E-state index contributed by atoms with van der Waals surface area (Å²) in [4.78, 5) is 29.9. The van der Waals surface area contributed by atoms with Crippen LogP contribution in [0.1, 0.15) is 52.5 Å². The van der Waals surface area contributed by atoms with Gasteiger partial charge >= 0.3 is 0 Å². The van der Waals surface area contributed by atoms with E-state index in [0.29, 0.717) is 66.6 Å². The molecule has 3 aromatic carbocycles. The van der Waals surface area contributed by atoms with E-state index in [1.54, 1.807) is 12.1 Å². The Morgan fingerprint density at radius 1 is 0.953 bits per heavy atom. The molecule has 222 valence electrons. The second-order valence-corrected chi connectivity index (χ2v) is 10.3. The summed E-state index contributed by atoms with van der Waals surface area (Å²) < 4.78 is 13.7. The normalized spacial score (nSPS) is 13.7. The summed E-state index contributed by atoms with van der Waals surface area (Å²) in [5.41, 5.74) is 3.80. The molecule has 11 heteroatoms. The minimum atomic E-state index is -0.550. The summed E-state index contributed by atoms with van der Waals surface area (Å²) in [6, 6.07) is 21.7. The highest BCUT2D eigenvalue weighted by Gasteiger charge is 2.30. The molecule has 10 nitrogen and oxygen atoms in total. The molecule has 0 spiro atoms. The number of aryl methyl sites for hydroxylation is 1. The third kappa shape index (κ3) is 7.28. The first-order valence-corrected chi connectivity index (χ1v) is 14.5. The maximum atomic E-state index is 12.7. The van der Waals surface area contributed by atoms with Gasteiger partial charge in [-0.15, -0.1) is 10.2 Å². The average molecular weight is 601 g/mol. The molecule has 1 aliphatic heterocycles. The van der Waals surface area contributed by atoms with Gasteiger partial charge in [-0.3, -0.25) is 19.1 Å². The average Bonchev–Trinajstić information content (AvgIpc) is 3.34. The molecule has 0 bridgehead atoms. The third-order valence-electron chi connectivity index (χ3n) is 6.83. The second-order valence-electron chi connectivity index (χ2n) is 9.86. The maximum Gasteiger partial charge on any atom is 0.251 e. The van der Waals surface area contributed by atoms with E-state index in [1.165, 1.54) is 0 Å². The van der Waals surface area contributed by atoms with Crippen LogP contribution in [0.25, 0.3) is 5.69 Å². The fourth-order valence-electron chi connectivity index (χ4n) is 4.83. The first-order chi connectivity index (χ1) is 20.9. The zero-order valence-electron chi connectivity index (χ0n) is 24.0. The van der Waals surface area contributed by atoms with Gasteiger partial charge in [-0.25, -0.2) is 0 Å². The molecule has 0 fully saturated rings. The zero-order chi connectivity index (χ0) is 30.2. The van der Waals surface area contributed by atoms with E-state index in [4.69, 9.17) is 26.1 Å². The van der Waals surface area contributed by atoms with Gasteiger partial charge in [0.2, 0.25) is 5.91 Å². The number of aromatic nitrogens is 3. The summed E-state index contributed by atoms with van der Waals surface area (Å²) in [6.07, 6.45) is 0.129. The molecule has 0 radical (unpaired) electrons. The Labute approximate surface area is 255 Å². The monoisotopic (exact) mass is 600 g/mol. The Bertz CT molecular complexity index is 1600. The lowest BCUT2D eigenvalue weighted by Gasteiger charge is -2.15. The van der Waals surface area contributed by atoms with Crippen LogP contribution in [-0.4, -0.2) is 65.2 Å². The number of carbonyl (C=O) groups excluding carboxylic acids is 2. The molecule has 2 heterocycles. The van der Waals surface area contributed by atoms with Gasteiger partial charge in [-0.05, 0) is 56.3 Å². The highest BCUT2D eigenvalue weighted by molar-refractivity contribution is 6.30. The number of fused-ring (bicyclic) bond motifs is 3. The van der Waals surface area contributed by atoms with Crippen molar-refractivity contribution >= 4 is 29.1 Å². The number of amides is 2. The van der Waals surface area contributed by atoms with Crippen molar-refractivity contribution in [3.05, 3.63) is 106 Å². The third-order valence-corrected chi connectivity index (χ3v) is 7.08. The largest absolute Gasteiger partial charge is 0.491 e. The van der Waals surface area contributed by atoms with Gasteiger partial charge in [0.25, 0.3) is 5.91 Å². The Balaban J connectivity index is 1.32. The molecule has 2 amide bonds. The van der Waals surface area contributed by atoms with E-state index >= 15 is 0 Å². The van der Waals surface area contributed by atoms with Crippen LogP contribution in [0.3, 0.4) is 0 Å². The van der Waals surface area contributed by atoms with Crippen molar-refractivity contribution in [1.82, 2.24) is 25.4 Å². The van der Waals surface area contributed by atoms with Gasteiger partial charge in [0.05, 0.1) is 31.0 Å². The van der Waals surface area contributed by atoms with E-state index in [-0.39, 0.29) is 18.2 Å². The molecule has 0 unspecified atom stereocenters. The lowest BCUT2D eigenvalue weighted by atomic mass is 10.00. The molecule has 0 saturated heterocycles.